The molecule has 1 aliphatic heterocycles. The van der Waals surface area contributed by atoms with Crippen LogP contribution in [0.2, 0.25) is 0 Å². The Morgan fingerprint density at radius 3 is 2.74 bits per heavy atom. The summed E-state index contributed by atoms with van der Waals surface area (Å²) < 4.78 is 20.9. The fraction of sp³-hybridized carbons (Fsp3) is 0.500. The Labute approximate surface area is 136 Å². The Hall–Kier alpha value is -1.88. The Morgan fingerprint density at radius 2 is 2.13 bits per heavy atom. The molecule has 0 spiro atoms. The minimum atomic E-state index is -0.297. The number of methoxy groups -OCH3 is 1. The number of ether oxygens (including phenoxy) is 1. The van der Waals surface area contributed by atoms with Crippen molar-refractivity contribution in [3.05, 3.63) is 46.5 Å². The van der Waals surface area contributed by atoms with Gasteiger partial charge in [0.1, 0.15) is 0 Å². The minimum Gasteiger partial charge on any atom is -0.494 e. The SMILES string of the molecule is COc1ccc(CN2CCC[C@H]2c2c(C)nn(C)c2C)cc1F. The fourth-order valence-electron chi connectivity index (χ4n) is 3.66. The van der Waals surface area contributed by atoms with Crippen molar-refractivity contribution >= 4 is 0 Å². The quantitative estimate of drug-likeness (QED) is 0.864. The molecule has 0 radical (unpaired) electrons. The van der Waals surface area contributed by atoms with E-state index in [1.165, 1.54) is 18.4 Å². The van der Waals surface area contributed by atoms with Gasteiger partial charge in [0.15, 0.2) is 11.6 Å². The smallest absolute Gasteiger partial charge is 0.165 e. The largest absolute Gasteiger partial charge is 0.494 e. The van der Waals surface area contributed by atoms with Gasteiger partial charge in [0, 0.05) is 30.9 Å². The average molecular weight is 317 g/mol. The summed E-state index contributed by atoms with van der Waals surface area (Å²) >= 11 is 0. The third-order valence-corrected chi connectivity index (χ3v) is 4.86. The van der Waals surface area contributed by atoms with E-state index in [1.807, 2.05) is 17.8 Å². The van der Waals surface area contributed by atoms with Crippen molar-refractivity contribution in [3.8, 4) is 5.75 Å². The molecular weight excluding hydrogens is 293 g/mol. The Balaban J connectivity index is 1.83. The average Bonchev–Trinajstić information content (AvgIpc) is 3.04. The maximum atomic E-state index is 13.9. The third-order valence-electron chi connectivity index (χ3n) is 4.86. The molecule has 2 heterocycles. The summed E-state index contributed by atoms with van der Waals surface area (Å²) in [5, 5.41) is 4.55. The van der Waals surface area contributed by atoms with Gasteiger partial charge in [-0.2, -0.15) is 5.10 Å². The zero-order valence-corrected chi connectivity index (χ0v) is 14.3. The zero-order chi connectivity index (χ0) is 16.6. The molecule has 1 aromatic heterocycles. The highest BCUT2D eigenvalue weighted by atomic mass is 19.1. The number of nitrogens with zero attached hydrogens (tertiary/aromatic N) is 3. The summed E-state index contributed by atoms with van der Waals surface area (Å²) in [6, 6.07) is 5.60. The van der Waals surface area contributed by atoms with Crippen LogP contribution in [0.3, 0.4) is 0 Å². The first-order valence-electron chi connectivity index (χ1n) is 8.07. The summed E-state index contributed by atoms with van der Waals surface area (Å²) in [5.41, 5.74) is 4.64. The van der Waals surface area contributed by atoms with E-state index < -0.39 is 0 Å². The molecule has 124 valence electrons. The van der Waals surface area contributed by atoms with Crippen molar-refractivity contribution in [2.45, 2.75) is 39.3 Å². The van der Waals surface area contributed by atoms with Crippen LogP contribution >= 0.6 is 0 Å². The second-order valence-electron chi connectivity index (χ2n) is 6.31. The second kappa shape index (κ2) is 6.32. The van der Waals surface area contributed by atoms with Gasteiger partial charge < -0.3 is 4.74 Å². The van der Waals surface area contributed by atoms with Crippen LogP contribution in [0.5, 0.6) is 5.75 Å². The fourth-order valence-corrected chi connectivity index (χ4v) is 3.66. The van der Waals surface area contributed by atoms with Crippen molar-refractivity contribution in [2.24, 2.45) is 7.05 Å². The van der Waals surface area contributed by atoms with Gasteiger partial charge in [0.05, 0.1) is 12.8 Å². The molecule has 1 atom stereocenters. The molecule has 23 heavy (non-hydrogen) atoms. The Morgan fingerprint density at radius 1 is 1.35 bits per heavy atom. The van der Waals surface area contributed by atoms with Gasteiger partial charge in [-0.1, -0.05) is 6.07 Å². The van der Waals surface area contributed by atoms with Crippen LogP contribution in [0.4, 0.5) is 4.39 Å². The van der Waals surface area contributed by atoms with Crippen LogP contribution in [0.1, 0.15) is 41.4 Å². The molecule has 1 saturated heterocycles. The lowest BCUT2D eigenvalue weighted by atomic mass is 10.0. The summed E-state index contributed by atoms with van der Waals surface area (Å²) in [6.45, 7) is 5.98. The molecule has 1 fully saturated rings. The molecule has 1 aromatic carbocycles. The van der Waals surface area contributed by atoms with Crippen molar-refractivity contribution in [2.75, 3.05) is 13.7 Å². The highest BCUT2D eigenvalue weighted by molar-refractivity contribution is 5.31. The lowest BCUT2D eigenvalue weighted by molar-refractivity contribution is 0.246. The number of aryl methyl sites for hydroxylation is 2. The predicted molar refractivity (Wildman–Crippen MR) is 88.0 cm³/mol. The maximum Gasteiger partial charge on any atom is 0.165 e. The molecule has 0 amide bonds. The lowest BCUT2D eigenvalue weighted by Gasteiger charge is -2.25. The number of halogens is 1. The normalized spacial score (nSPS) is 18.6. The van der Waals surface area contributed by atoms with Crippen molar-refractivity contribution in [1.82, 2.24) is 14.7 Å². The van der Waals surface area contributed by atoms with Crippen molar-refractivity contribution < 1.29 is 9.13 Å². The van der Waals surface area contributed by atoms with Gasteiger partial charge in [0.2, 0.25) is 0 Å². The molecule has 3 rings (SSSR count). The molecule has 2 aromatic rings. The van der Waals surface area contributed by atoms with Crippen LogP contribution in [-0.2, 0) is 13.6 Å². The molecule has 0 unspecified atom stereocenters. The van der Waals surface area contributed by atoms with Crippen LogP contribution in [-0.4, -0.2) is 28.3 Å². The number of hydrogen-bond donors (Lipinski definition) is 0. The number of aromatic nitrogens is 2. The van der Waals surface area contributed by atoms with Crippen LogP contribution in [0, 0.1) is 19.7 Å². The maximum absolute atomic E-state index is 13.9. The Bertz CT molecular complexity index is 711. The van der Waals surface area contributed by atoms with Gasteiger partial charge in [-0.05, 0) is 50.9 Å². The van der Waals surface area contributed by atoms with E-state index in [2.05, 4.69) is 23.8 Å². The molecule has 5 heteroatoms. The van der Waals surface area contributed by atoms with Gasteiger partial charge in [-0.25, -0.2) is 4.39 Å². The molecule has 0 N–H and O–H groups in total. The van der Waals surface area contributed by atoms with E-state index >= 15 is 0 Å². The first-order valence-corrected chi connectivity index (χ1v) is 8.07. The number of benzene rings is 1. The van der Waals surface area contributed by atoms with E-state index in [-0.39, 0.29) is 5.82 Å². The van der Waals surface area contributed by atoms with Crippen molar-refractivity contribution in [3.63, 3.8) is 0 Å². The standard InChI is InChI=1S/C18H24FN3O/c1-12-18(13(2)21(3)20-12)16-6-5-9-22(16)11-14-7-8-17(23-4)15(19)10-14/h7-8,10,16H,5-6,9,11H2,1-4H3/t16-/m0/s1. The van der Waals surface area contributed by atoms with Crippen molar-refractivity contribution in [1.29, 1.82) is 0 Å². The van der Waals surface area contributed by atoms with E-state index in [4.69, 9.17) is 4.74 Å². The summed E-state index contributed by atoms with van der Waals surface area (Å²) in [5.74, 6) is 0.000144. The van der Waals surface area contributed by atoms with E-state index in [0.29, 0.717) is 11.8 Å². The van der Waals surface area contributed by atoms with E-state index in [1.54, 1.807) is 12.1 Å². The van der Waals surface area contributed by atoms with Crippen LogP contribution in [0.15, 0.2) is 18.2 Å². The van der Waals surface area contributed by atoms with E-state index in [9.17, 15) is 4.39 Å². The highest BCUT2D eigenvalue weighted by Crippen LogP contribution is 2.36. The van der Waals surface area contributed by atoms with Crippen LogP contribution in [0.25, 0.3) is 0 Å². The number of likely N-dealkylation sites (tertiary alicyclic amines) is 1. The minimum absolute atomic E-state index is 0.297. The van der Waals surface area contributed by atoms with Gasteiger partial charge in [-0.3, -0.25) is 9.58 Å². The van der Waals surface area contributed by atoms with Gasteiger partial charge in [0.25, 0.3) is 0 Å². The lowest BCUT2D eigenvalue weighted by Crippen LogP contribution is -2.23. The molecule has 0 bridgehead atoms. The first kappa shape index (κ1) is 16.0. The Kier molecular flexibility index (Phi) is 4.39. The topological polar surface area (TPSA) is 30.3 Å². The van der Waals surface area contributed by atoms with Gasteiger partial charge in [-0.15, -0.1) is 0 Å². The molecule has 0 saturated carbocycles. The first-order chi connectivity index (χ1) is 11.0. The molecule has 4 nitrogen and oxygen atoms in total. The third kappa shape index (κ3) is 2.98. The monoisotopic (exact) mass is 317 g/mol. The predicted octanol–water partition coefficient (Wildman–Crippen LogP) is 3.52. The highest BCUT2D eigenvalue weighted by Gasteiger charge is 2.30. The summed E-state index contributed by atoms with van der Waals surface area (Å²) in [7, 11) is 3.48. The second-order valence-corrected chi connectivity index (χ2v) is 6.31. The molecular formula is C18H24FN3O. The van der Waals surface area contributed by atoms with Gasteiger partial charge >= 0.3 is 0 Å². The molecule has 0 aliphatic carbocycles. The number of hydrogen-bond acceptors (Lipinski definition) is 3. The molecule has 1 aliphatic rings. The van der Waals surface area contributed by atoms with Crippen LogP contribution < -0.4 is 4.74 Å². The summed E-state index contributed by atoms with van der Waals surface area (Å²) in [6.07, 6.45) is 2.29. The zero-order valence-electron chi connectivity index (χ0n) is 14.3. The van der Waals surface area contributed by atoms with E-state index in [0.717, 1.165) is 37.2 Å². The number of rotatable bonds is 4. The summed E-state index contributed by atoms with van der Waals surface area (Å²) in [4.78, 5) is 2.43.